The van der Waals surface area contributed by atoms with Crippen molar-refractivity contribution >= 4 is 29.3 Å². The highest BCUT2D eigenvalue weighted by Crippen LogP contribution is 2.38. The Kier molecular flexibility index (Phi) is 6.25. The maximum Gasteiger partial charge on any atom is 0.262 e. The lowest BCUT2D eigenvalue weighted by atomic mass is 9.81. The molecule has 1 aliphatic carbocycles. The molecule has 1 saturated carbocycles. The van der Waals surface area contributed by atoms with Crippen LogP contribution in [0.25, 0.3) is 0 Å². The van der Waals surface area contributed by atoms with Gasteiger partial charge in [0.15, 0.2) is 6.10 Å². The third kappa shape index (κ3) is 4.16. The van der Waals surface area contributed by atoms with E-state index in [0.717, 1.165) is 32.1 Å². The van der Waals surface area contributed by atoms with Gasteiger partial charge in [-0.1, -0.05) is 31.9 Å². The highest BCUT2D eigenvalue weighted by atomic mass is 16.5. The minimum absolute atomic E-state index is 0.0224. The second-order valence-electron chi connectivity index (χ2n) is 8.45. The predicted molar refractivity (Wildman–Crippen MR) is 113 cm³/mol. The van der Waals surface area contributed by atoms with Crippen molar-refractivity contribution in [2.45, 2.75) is 51.6 Å². The molecule has 1 N–H and O–H groups in total. The van der Waals surface area contributed by atoms with Gasteiger partial charge in [-0.3, -0.25) is 24.1 Å². The number of fused-ring (bicyclic) bond motifs is 2. The molecule has 0 aromatic heterocycles. The van der Waals surface area contributed by atoms with Crippen LogP contribution in [0.2, 0.25) is 0 Å². The Bertz CT molecular complexity index is 862. The van der Waals surface area contributed by atoms with Crippen LogP contribution in [0.15, 0.2) is 24.3 Å². The molecular weight excluding hydrogens is 398 g/mol. The molecule has 0 unspecified atom stereocenters. The lowest BCUT2D eigenvalue weighted by Crippen LogP contribution is -2.51. The van der Waals surface area contributed by atoms with Crippen molar-refractivity contribution in [1.82, 2.24) is 10.2 Å². The average molecular weight is 428 g/mol. The second-order valence-corrected chi connectivity index (χ2v) is 8.45. The number of anilines is 1. The highest BCUT2D eigenvalue weighted by molar-refractivity contribution is 6.06. The van der Waals surface area contributed by atoms with Crippen LogP contribution in [0.3, 0.4) is 0 Å². The highest BCUT2D eigenvalue weighted by Gasteiger charge is 2.48. The van der Waals surface area contributed by atoms with Crippen molar-refractivity contribution in [2.24, 2.45) is 11.8 Å². The molecule has 8 heteroatoms. The van der Waals surface area contributed by atoms with E-state index in [0.29, 0.717) is 18.0 Å². The van der Waals surface area contributed by atoms with E-state index in [2.05, 4.69) is 5.32 Å². The van der Waals surface area contributed by atoms with E-state index in [1.165, 1.54) is 9.80 Å². The third-order valence-electron chi connectivity index (χ3n) is 6.40. The number of nitrogens with one attached hydrogen (secondary N) is 1. The van der Waals surface area contributed by atoms with Crippen molar-refractivity contribution in [2.75, 3.05) is 24.5 Å². The van der Waals surface area contributed by atoms with E-state index in [1.54, 1.807) is 24.3 Å². The molecule has 4 amide bonds. The largest absolute Gasteiger partial charge is 0.477 e. The van der Waals surface area contributed by atoms with E-state index in [9.17, 15) is 19.2 Å². The van der Waals surface area contributed by atoms with Crippen LogP contribution in [-0.2, 0) is 19.2 Å². The van der Waals surface area contributed by atoms with Gasteiger partial charge in [0.2, 0.25) is 17.7 Å². The van der Waals surface area contributed by atoms with Crippen molar-refractivity contribution in [3.63, 3.8) is 0 Å². The first kappa shape index (κ1) is 21.3. The van der Waals surface area contributed by atoms with E-state index < -0.39 is 6.10 Å². The number of carbonyl (C=O) groups excluding carboxylic acids is 4. The van der Waals surface area contributed by atoms with Crippen molar-refractivity contribution in [3.8, 4) is 5.75 Å². The van der Waals surface area contributed by atoms with Gasteiger partial charge in [0.25, 0.3) is 5.91 Å². The summed E-state index contributed by atoms with van der Waals surface area (Å²) in [5, 5.41) is 2.81. The first-order valence-electron chi connectivity index (χ1n) is 11.2. The second kappa shape index (κ2) is 9.08. The zero-order valence-electron chi connectivity index (χ0n) is 17.8. The summed E-state index contributed by atoms with van der Waals surface area (Å²) in [4.78, 5) is 53.8. The molecule has 2 heterocycles. The Morgan fingerprint density at radius 2 is 1.77 bits per heavy atom. The number of rotatable bonds is 6. The molecule has 31 heavy (non-hydrogen) atoms. The van der Waals surface area contributed by atoms with Crippen LogP contribution in [0.1, 0.15) is 45.4 Å². The lowest BCUT2D eigenvalue weighted by molar-refractivity contribution is -0.140. The Morgan fingerprint density at radius 1 is 1.10 bits per heavy atom. The molecular formula is C23H29N3O5. The number of hydrogen-bond acceptors (Lipinski definition) is 5. The summed E-state index contributed by atoms with van der Waals surface area (Å²) in [6.07, 6.45) is 3.48. The quantitative estimate of drug-likeness (QED) is 0.700. The third-order valence-corrected chi connectivity index (χ3v) is 6.40. The number of hydrogen-bond donors (Lipinski definition) is 1. The van der Waals surface area contributed by atoms with Gasteiger partial charge in [-0.2, -0.15) is 0 Å². The van der Waals surface area contributed by atoms with Crippen LogP contribution in [0.5, 0.6) is 5.75 Å². The number of nitrogens with zero attached hydrogens (tertiary/aromatic N) is 2. The molecule has 166 valence electrons. The summed E-state index contributed by atoms with van der Waals surface area (Å²) in [6.45, 7) is 2.67. The number of imide groups is 1. The van der Waals surface area contributed by atoms with Gasteiger partial charge in [-0.15, -0.1) is 0 Å². The molecule has 3 atom stereocenters. The number of ether oxygens (including phenoxy) is 1. The molecule has 8 nitrogen and oxygen atoms in total. The van der Waals surface area contributed by atoms with Gasteiger partial charge < -0.3 is 15.0 Å². The van der Waals surface area contributed by atoms with E-state index in [-0.39, 0.29) is 55.0 Å². The first-order valence-corrected chi connectivity index (χ1v) is 11.2. The molecule has 1 aromatic carbocycles. The normalized spacial score (nSPS) is 25.0. The van der Waals surface area contributed by atoms with Crippen molar-refractivity contribution in [1.29, 1.82) is 0 Å². The monoisotopic (exact) mass is 427 g/mol. The summed E-state index contributed by atoms with van der Waals surface area (Å²) < 4.78 is 5.82. The molecule has 3 aliphatic rings. The fourth-order valence-electron chi connectivity index (χ4n) is 4.76. The number of para-hydroxylation sites is 2. The molecule has 1 saturated heterocycles. The zero-order chi connectivity index (χ0) is 22.0. The fraction of sp³-hybridized carbons (Fsp3) is 0.565. The Hall–Kier alpha value is -2.90. The predicted octanol–water partition coefficient (Wildman–Crippen LogP) is 1.87. The van der Waals surface area contributed by atoms with E-state index >= 15 is 0 Å². The SMILES string of the molecule is CCCNC(=O)[C@H]1CN(C(=O)CCN2C(=O)[C@H]3CCCC[C@H]3C2=O)c2ccccc2O1. The smallest absolute Gasteiger partial charge is 0.262 e. The van der Waals surface area contributed by atoms with E-state index in [1.807, 2.05) is 6.92 Å². The maximum atomic E-state index is 13.1. The van der Waals surface area contributed by atoms with Crippen LogP contribution < -0.4 is 15.0 Å². The maximum absolute atomic E-state index is 13.1. The minimum Gasteiger partial charge on any atom is -0.477 e. The van der Waals surface area contributed by atoms with Crippen molar-refractivity contribution in [3.05, 3.63) is 24.3 Å². The average Bonchev–Trinajstić information content (AvgIpc) is 3.04. The summed E-state index contributed by atoms with van der Waals surface area (Å²) >= 11 is 0. The molecule has 0 bridgehead atoms. The number of benzene rings is 1. The van der Waals surface area contributed by atoms with Gasteiger partial charge in [-0.05, 0) is 31.4 Å². The number of amides is 4. The van der Waals surface area contributed by atoms with Gasteiger partial charge in [0.1, 0.15) is 5.75 Å². The van der Waals surface area contributed by atoms with E-state index in [4.69, 9.17) is 4.74 Å². The molecule has 1 aromatic rings. The van der Waals surface area contributed by atoms with Crippen LogP contribution in [0, 0.1) is 11.8 Å². The summed E-state index contributed by atoms with van der Waals surface area (Å²) in [7, 11) is 0. The molecule has 0 spiro atoms. The molecule has 4 rings (SSSR count). The van der Waals surface area contributed by atoms with Gasteiger partial charge in [0.05, 0.1) is 24.1 Å². The lowest BCUT2D eigenvalue weighted by Gasteiger charge is -2.34. The fourth-order valence-corrected chi connectivity index (χ4v) is 4.76. The van der Waals surface area contributed by atoms with Gasteiger partial charge in [-0.25, -0.2) is 0 Å². The molecule has 0 radical (unpaired) electrons. The van der Waals surface area contributed by atoms with Gasteiger partial charge >= 0.3 is 0 Å². The number of likely N-dealkylation sites (tertiary alicyclic amines) is 1. The Labute approximate surface area is 181 Å². The number of carbonyl (C=O) groups is 4. The zero-order valence-corrected chi connectivity index (χ0v) is 17.8. The van der Waals surface area contributed by atoms with Crippen LogP contribution in [0.4, 0.5) is 5.69 Å². The van der Waals surface area contributed by atoms with Crippen LogP contribution in [-0.4, -0.2) is 54.3 Å². The Balaban J connectivity index is 1.45. The summed E-state index contributed by atoms with van der Waals surface area (Å²) in [6, 6.07) is 7.09. The topological polar surface area (TPSA) is 96.0 Å². The molecule has 2 fully saturated rings. The van der Waals surface area contributed by atoms with Gasteiger partial charge in [0, 0.05) is 19.5 Å². The Morgan fingerprint density at radius 3 is 2.45 bits per heavy atom. The minimum atomic E-state index is -0.802. The standard InChI is InChI=1S/C23H29N3O5/c1-2-12-24-21(28)19-14-26(17-9-5-6-10-18(17)31-19)20(27)11-13-25-22(29)15-7-3-4-8-16(15)23(25)30/h5-6,9-10,15-16,19H,2-4,7-8,11-14H2,1H3,(H,24,28)/t15-,16+,19-/m1/s1. The van der Waals surface area contributed by atoms with Crippen LogP contribution >= 0.6 is 0 Å². The van der Waals surface area contributed by atoms with Crippen molar-refractivity contribution < 1.29 is 23.9 Å². The summed E-state index contributed by atoms with van der Waals surface area (Å²) in [5.74, 6) is -0.733. The first-order chi connectivity index (χ1) is 15.0. The molecule has 2 aliphatic heterocycles. The summed E-state index contributed by atoms with van der Waals surface area (Å²) in [5.41, 5.74) is 0.597.